The van der Waals surface area contributed by atoms with Gasteiger partial charge in [-0.1, -0.05) is 12.1 Å². The van der Waals surface area contributed by atoms with Crippen molar-refractivity contribution in [3.05, 3.63) is 29.8 Å². The summed E-state index contributed by atoms with van der Waals surface area (Å²) in [5.41, 5.74) is 6.00. The van der Waals surface area contributed by atoms with Crippen LogP contribution in [0.1, 0.15) is 18.4 Å². The van der Waals surface area contributed by atoms with Crippen LogP contribution in [0.15, 0.2) is 24.3 Å². The summed E-state index contributed by atoms with van der Waals surface area (Å²) in [6, 6.07) is 5.60. The summed E-state index contributed by atoms with van der Waals surface area (Å²) in [7, 11) is 0. The lowest BCUT2D eigenvalue weighted by atomic mass is 9.96. The molecule has 118 valence electrons. The van der Waals surface area contributed by atoms with E-state index < -0.39 is 12.0 Å². The Morgan fingerprint density at radius 3 is 2.48 bits per heavy atom. The monoisotopic (exact) mass is 305 g/mol. The lowest BCUT2D eigenvalue weighted by molar-refractivity contribution is -0.274. The zero-order chi connectivity index (χ0) is 15.3. The third-order valence-electron chi connectivity index (χ3n) is 3.36. The lowest BCUT2D eigenvalue weighted by Gasteiger charge is -2.35. The first-order valence-corrected chi connectivity index (χ1v) is 6.69. The zero-order valence-electron chi connectivity index (χ0n) is 11.5. The van der Waals surface area contributed by atoms with E-state index in [1.165, 1.54) is 24.3 Å². The highest BCUT2D eigenvalue weighted by molar-refractivity contribution is 5.27. The summed E-state index contributed by atoms with van der Waals surface area (Å²) in [4.78, 5) is 0. The third-order valence-corrected chi connectivity index (χ3v) is 3.36. The number of hydrogen-bond acceptors (Lipinski definition) is 4. The van der Waals surface area contributed by atoms with Gasteiger partial charge in [-0.15, -0.1) is 13.2 Å². The predicted molar refractivity (Wildman–Crippen MR) is 69.8 cm³/mol. The van der Waals surface area contributed by atoms with Crippen molar-refractivity contribution in [2.24, 2.45) is 5.73 Å². The highest BCUT2D eigenvalue weighted by Crippen LogP contribution is 2.26. The van der Waals surface area contributed by atoms with Gasteiger partial charge >= 0.3 is 6.36 Å². The molecule has 0 aromatic heterocycles. The van der Waals surface area contributed by atoms with Gasteiger partial charge in [0.2, 0.25) is 0 Å². The first-order valence-electron chi connectivity index (χ1n) is 6.69. The SMILES string of the molecule is NCC1(OCc2ccc(OC(F)(F)F)cc2)CCCOC1. The zero-order valence-corrected chi connectivity index (χ0v) is 11.5. The standard InChI is InChI=1S/C14H18F3NO3/c15-14(16,17)21-12-4-2-11(3-5-12)8-20-13(9-18)6-1-7-19-10-13/h2-5H,1,6-10,18H2. The molecule has 1 fully saturated rings. The van der Waals surface area contributed by atoms with Gasteiger partial charge in [-0.05, 0) is 30.5 Å². The molecule has 2 N–H and O–H groups in total. The van der Waals surface area contributed by atoms with Crippen LogP contribution in [0.25, 0.3) is 0 Å². The van der Waals surface area contributed by atoms with Gasteiger partial charge in [0, 0.05) is 13.2 Å². The van der Waals surface area contributed by atoms with Gasteiger partial charge in [0.1, 0.15) is 11.4 Å². The van der Waals surface area contributed by atoms with Crippen LogP contribution >= 0.6 is 0 Å². The number of ether oxygens (including phenoxy) is 3. The molecule has 1 aliphatic rings. The smallest absolute Gasteiger partial charge is 0.406 e. The van der Waals surface area contributed by atoms with Crippen molar-refractivity contribution in [2.75, 3.05) is 19.8 Å². The molecule has 0 radical (unpaired) electrons. The molecule has 1 aromatic carbocycles. The average molecular weight is 305 g/mol. The Morgan fingerprint density at radius 2 is 1.95 bits per heavy atom. The van der Waals surface area contributed by atoms with Crippen molar-refractivity contribution in [1.82, 2.24) is 0 Å². The first kappa shape index (κ1) is 16.1. The summed E-state index contributed by atoms with van der Waals surface area (Å²) in [6.45, 7) is 1.77. The Morgan fingerprint density at radius 1 is 1.24 bits per heavy atom. The van der Waals surface area contributed by atoms with E-state index in [-0.39, 0.29) is 12.4 Å². The molecule has 1 aliphatic heterocycles. The fraction of sp³-hybridized carbons (Fsp3) is 0.571. The normalized spacial score (nSPS) is 23.0. The van der Waals surface area contributed by atoms with E-state index in [1.807, 2.05) is 0 Å². The summed E-state index contributed by atoms with van der Waals surface area (Å²) < 4.78 is 51.2. The maximum absolute atomic E-state index is 12.1. The minimum atomic E-state index is -4.68. The van der Waals surface area contributed by atoms with E-state index in [9.17, 15) is 13.2 Å². The first-order chi connectivity index (χ1) is 9.92. The number of alkyl halides is 3. The van der Waals surface area contributed by atoms with Crippen LogP contribution < -0.4 is 10.5 Å². The summed E-state index contributed by atoms with van der Waals surface area (Å²) in [5, 5.41) is 0. The molecule has 7 heteroatoms. The lowest BCUT2D eigenvalue weighted by Crippen LogP contribution is -2.47. The summed E-state index contributed by atoms with van der Waals surface area (Å²) in [5.74, 6) is -0.249. The van der Waals surface area contributed by atoms with E-state index in [0.29, 0.717) is 19.8 Å². The van der Waals surface area contributed by atoms with Crippen molar-refractivity contribution in [3.8, 4) is 5.75 Å². The molecule has 1 aromatic rings. The van der Waals surface area contributed by atoms with Crippen molar-refractivity contribution in [1.29, 1.82) is 0 Å². The molecule has 4 nitrogen and oxygen atoms in total. The second-order valence-electron chi connectivity index (χ2n) is 5.02. The number of halogens is 3. The maximum atomic E-state index is 12.1. The molecule has 0 aliphatic carbocycles. The topological polar surface area (TPSA) is 53.7 Å². The number of nitrogens with two attached hydrogens (primary N) is 1. The second-order valence-corrected chi connectivity index (χ2v) is 5.02. The van der Waals surface area contributed by atoms with Gasteiger partial charge in [0.05, 0.1) is 13.2 Å². The van der Waals surface area contributed by atoms with Crippen molar-refractivity contribution in [3.63, 3.8) is 0 Å². The molecule has 1 atom stereocenters. The fourth-order valence-corrected chi connectivity index (χ4v) is 2.18. The van der Waals surface area contributed by atoms with Crippen LogP contribution in [-0.4, -0.2) is 31.7 Å². The van der Waals surface area contributed by atoms with Crippen LogP contribution in [0.2, 0.25) is 0 Å². The minimum Gasteiger partial charge on any atom is -0.406 e. The second kappa shape index (κ2) is 6.64. The van der Waals surface area contributed by atoms with Gasteiger partial charge in [-0.2, -0.15) is 0 Å². The molecule has 0 bridgehead atoms. The van der Waals surface area contributed by atoms with E-state index in [0.717, 1.165) is 18.4 Å². The van der Waals surface area contributed by atoms with Gasteiger partial charge in [0.15, 0.2) is 0 Å². The Balaban J connectivity index is 1.91. The van der Waals surface area contributed by atoms with Crippen molar-refractivity contribution < 1.29 is 27.4 Å². The molecular weight excluding hydrogens is 287 g/mol. The van der Waals surface area contributed by atoms with Gasteiger partial charge in [-0.25, -0.2) is 0 Å². The third kappa shape index (κ3) is 4.87. The number of benzene rings is 1. The number of rotatable bonds is 5. The van der Waals surface area contributed by atoms with Crippen LogP contribution in [0, 0.1) is 0 Å². The Kier molecular flexibility index (Phi) is 5.08. The van der Waals surface area contributed by atoms with E-state index in [2.05, 4.69) is 4.74 Å². The highest BCUT2D eigenvalue weighted by atomic mass is 19.4. The Labute approximate surface area is 121 Å². The molecule has 1 heterocycles. The number of hydrogen-bond donors (Lipinski definition) is 1. The highest BCUT2D eigenvalue weighted by Gasteiger charge is 2.33. The summed E-state index contributed by atoms with van der Waals surface area (Å²) in [6.07, 6.45) is -2.98. The van der Waals surface area contributed by atoms with Crippen molar-refractivity contribution in [2.45, 2.75) is 31.4 Å². The fourth-order valence-electron chi connectivity index (χ4n) is 2.18. The largest absolute Gasteiger partial charge is 0.573 e. The molecule has 1 unspecified atom stereocenters. The van der Waals surface area contributed by atoms with Crippen molar-refractivity contribution >= 4 is 0 Å². The minimum absolute atomic E-state index is 0.249. The van der Waals surface area contributed by atoms with Crippen LogP contribution in [0.4, 0.5) is 13.2 Å². The van der Waals surface area contributed by atoms with Crippen LogP contribution in [0.3, 0.4) is 0 Å². The maximum Gasteiger partial charge on any atom is 0.573 e. The quantitative estimate of drug-likeness (QED) is 0.908. The van der Waals surface area contributed by atoms with E-state index in [4.69, 9.17) is 15.2 Å². The van der Waals surface area contributed by atoms with Gasteiger partial charge in [-0.3, -0.25) is 0 Å². The Hall–Kier alpha value is -1.31. The van der Waals surface area contributed by atoms with E-state index in [1.54, 1.807) is 0 Å². The molecular formula is C14H18F3NO3. The molecule has 0 amide bonds. The van der Waals surface area contributed by atoms with Gasteiger partial charge in [0.25, 0.3) is 0 Å². The average Bonchev–Trinajstić information content (AvgIpc) is 2.46. The molecule has 0 spiro atoms. The van der Waals surface area contributed by atoms with Crippen LogP contribution in [0.5, 0.6) is 5.75 Å². The molecule has 21 heavy (non-hydrogen) atoms. The summed E-state index contributed by atoms with van der Waals surface area (Å²) >= 11 is 0. The van der Waals surface area contributed by atoms with Crippen LogP contribution in [-0.2, 0) is 16.1 Å². The Bertz CT molecular complexity index is 442. The molecule has 1 saturated heterocycles. The molecule has 0 saturated carbocycles. The van der Waals surface area contributed by atoms with E-state index >= 15 is 0 Å². The van der Waals surface area contributed by atoms with Gasteiger partial charge < -0.3 is 19.9 Å². The molecule has 2 rings (SSSR count). The predicted octanol–water partition coefficient (Wildman–Crippen LogP) is 2.61.